The number of carbonyl (C=O) groups is 2. The van der Waals surface area contributed by atoms with Crippen LogP contribution in [0.15, 0.2) is 53.0 Å². The molecule has 162 valence electrons. The second kappa shape index (κ2) is 11.7. The highest BCUT2D eigenvalue weighted by molar-refractivity contribution is 9.10. The predicted octanol–water partition coefficient (Wildman–Crippen LogP) is 4.58. The van der Waals surface area contributed by atoms with Gasteiger partial charge in [-0.15, -0.1) is 0 Å². The zero-order valence-electron chi connectivity index (χ0n) is 18.2. The van der Waals surface area contributed by atoms with Gasteiger partial charge in [-0.2, -0.15) is 0 Å². The van der Waals surface area contributed by atoms with Crippen LogP contribution in [-0.4, -0.2) is 35.9 Å². The monoisotopic (exact) mass is 474 g/mol. The van der Waals surface area contributed by atoms with Crippen LogP contribution in [0, 0.1) is 5.92 Å². The molecule has 30 heavy (non-hydrogen) atoms. The molecule has 0 saturated carbocycles. The molecule has 2 rings (SSSR count). The summed E-state index contributed by atoms with van der Waals surface area (Å²) in [5.41, 5.74) is 2.15. The van der Waals surface area contributed by atoms with Crippen molar-refractivity contribution in [2.24, 2.45) is 5.92 Å². The van der Waals surface area contributed by atoms with E-state index in [4.69, 9.17) is 4.74 Å². The van der Waals surface area contributed by atoms with Gasteiger partial charge < -0.3 is 15.0 Å². The Morgan fingerprint density at radius 2 is 1.77 bits per heavy atom. The van der Waals surface area contributed by atoms with Gasteiger partial charge in [-0.3, -0.25) is 9.59 Å². The van der Waals surface area contributed by atoms with Gasteiger partial charge in [-0.05, 0) is 54.7 Å². The fourth-order valence-corrected chi connectivity index (χ4v) is 3.36. The quantitative estimate of drug-likeness (QED) is 0.548. The van der Waals surface area contributed by atoms with Crippen LogP contribution in [0.5, 0.6) is 5.75 Å². The van der Waals surface area contributed by atoms with E-state index in [0.717, 1.165) is 16.5 Å². The number of amides is 2. The van der Waals surface area contributed by atoms with E-state index in [9.17, 15) is 9.59 Å². The molecule has 0 spiro atoms. The van der Waals surface area contributed by atoms with Crippen LogP contribution in [0.25, 0.3) is 0 Å². The number of nitrogens with one attached hydrogen (secondary N) is 1. The van der Waals surface area contributed by atoms with Crippen LogP contribution in [0.3, 0.4) is 0 Å². The van der Waals surface area contributed by atoms with E-state index in [1.165, 1.54) is 5.56 Å². The van der Waals surface area contributed by atoms with Crippen molar-refractivity contribution in [3.8, 4) is 5.75 Å². The Balaban J connectivity index is 2.11. The highest BCUT2D eigenvalue weighted by Gasteiger charge is 2.26. The van der Waals surface area contributed by atoms with Gasteiger partial charge in [0.25, 0.3) is 5.91 Å². The first-order valence-corrected chi connectivity index (χ1v) is 11.1. The van der Waals surface area contributed by atoms with Crippen molar-refractivity contribution in [1.29, 1.82) is 0 Å². The smallest absolute Gasteiger partial charge is 0.261 e. The normalized spacial score (nSPS) is 11.8. The third-order valence-electron chi connectivity index (χ3n) is 4.79. The first-order valence-electron chi connectivity index (χ1n) is 10.3. The SMILES string of the molecule is CCc1ccc(OCC(=O)N(Cc2cccc(Br)c2)C(C)C(=O)NCC(C)C)cc1. The number of ether oxygens (including phenoxy) is 1. The molecule has 1 unspecified atom stereocenters. The lowest BCUT2D eigenvalue weighted by Crippen LogP contribution is -2.49. The van der Waals surface area contributed by atoms with E-state index in [0.29, 0.717) is 24.8 Å². The van der Waals surface area contributed by atoms with Gasteiger partial charge in [-0.25, -0.2) is 0 Å². The second-order valence-electron chi connectivity index (χ2n) is 7.75. The average Bonchev–Trinajstić information content (AvgIpc) is 2.74. The lowest BCUT2D eigenvalue weighted by Gasteiger charge is -2.29. The van der Waals surface area contributed by atoms with Gasteiger partial charge in [0, 0.05) is 17.6 Å². The summed E-state index contributed by atoms with van der Waals surface area (Å²) in [7, 11) is 0. The molecule has 0 aliphatic rings. The Labute approximate surface area is 187 Å². The van der Waals surface area contributed by atoms with Crippen molar-refractivity contribution in [3.63, 3.8) is 0 Å². The molecule has 0 aromatic heterocycles. The van der Waals surface area contributed by atoms with E-state index in [-0.39, 0.29) is 18.4 Å². The van der Waals surface area contributed by atoms with Crippen LogP contribution in [0.2, 0.25) is 0 Å². The number of carbonyl (C=O) groups excluding carboxylic acids is 2. The molecule has 2 amide bonds. The first-order chi connectivity index (χ1) is 14.3. The fraction of sp³-hybridized carbons (Fsp3) is 0.417. The van der Waals surface area contributed by atoms with E-state index < -0.39 is 6.04 Å². The van der Waals surface area contributed by atoms with Crippen molar-refractivity contribution in [2.75, 3.05) is 13.2 Å². The highest BCUT2D eigenvalue weighted by atomic mass is 79.9. The van der Waals surface area contributed by atoms with E-state index in [1.54, 1.807) is 11.8 Å². The molecular formula is C24H31BrN2O3. The molecule has 5 nitrogen and oxygen atoms in total. The predicted molar refractivity (Wildman–Crippen MR) is 123 cm³/mol. The van der Waals surface area contributed by atoms with Crippen LogP contribution in [0.1, 0.15) is 38.8 Å². The molecule has 0 radical (unpaired) electrons. The molecule has 0 heterocycles. The number of rotatable bonds is 10. The van der Waals surface area contributed by atoms with Gasteiger partial charge in [0.1, 0.15) is 11.8 Å². The third kappa shape index (κ3) is 7.48. The number of halogens is 1. The summed E-state index contributed by atoms with van der Waals surface area (Å²) in [6.45, 7) is 8.68. The Kier molecular flexibility index (Phi) is 9.37. The molecule has 0 aliphatic heterocycles. The minimum absolute atomic E-state index is 0.124. The topological polar surface area (TPSA) is 58.6 Å². The number of hydrogen-bond acceptors (Lipinski definition) is 3. The maximum Gasteiger partial charge on any atom is 0.261 e. The van der Waals surface area contributed by atoms with Crippen molar-refractivity contribution in [2.45, 2.75) is 46.7 Å². The third-order valence-corrected chi connectivity index (χ3v) is 5.28. The molecule has 0 saturated heterocycles. The molecule has 0 bridgehead atoms. The molecular weight excluding hydrogens is 444 g/mol. The van der Waals surface area contributed by atoms with Crippen LogP contribution in [-0.2, 0) is 22.6 Å². The van der Waals surface area contributed by atoms with Crippen LogP contribution < -0.4 is 10.1 Å². The molecule has 0 fully saturated rings. The largest absolute Gasteiger partial charge is 0.484 e. The molecule has 2 aromatic rings. The number of aryl methyl sites for hydroxylation is 1. The molecule has 6 heteroatoms. The lowest BCUT2D eigenvalue weighted by molar-refractivity contribution is -0.142. The lowest BCUT2D eigenvalue weighted by atomic mass is 10.1. The molecule has 2 aromatic carbocycles. The summed E-state index contributed by atoms with van der Waals surface area (Å²) in [6.07, 6.45) is 0.947. The van der Waals surface area contributed by atoms with Gasteiger partial charge in [0.05, 0.1) is 0 Å². The van der Waals surface area contributed by atoms with Crippen molar-refractivity contribution >= 4 is 27.7 Å². The Morgan fingerprint density at radius 3 is 2.37 bits per heavy atom. The van der Waals surface area contributed by atoms with Gasteiger partial charge in [-0.1, -0.05) is 61.0 Å². The summed E-state index contributed by atoms with van der Waals surface area (Å²) >= 11 is 3.46. The van der Waals surface area contributed by atoms with E-state index in [1.807, 2.05) is 62.4 Å². The number of benzene rings is 2. The van der Waals surface area contributed by atoms with E-state index >= 15 is 0 Å². The Morgan fingerprint density at radius 1 is 1.07 bits per heavy atom. The Bertz CT molecular complexity index is 837. The van der Waals surface area contributed by atoms with Crippen LogP contribution >= 0.6 is 15.9 Å². The Hall–Kier alpha value is -2.34. The summed E-state index contributed by atoms with van der Waals surface area (Å²) in [5.74, 6) is 0.575. The zero-order chi connectivity index (χ0) is 22.1. The maximum atomic E-state index is 13.0. The summed E-state index contributed by atoms with van der Waals surface area (Å²) in [4.78, 5) is 27.2. The standard InChI is InChI=1S/C24H31BrN2O3/c1-5-19-9-11-22(12-10-19)30-16-23(28)27(15-20-7-6-8-21(25)13-20)18(4)24(29)26-14-17(2)3/h6-13,17-18H,5,14-16H2,1-4H3,(H,26,29). The first kappa shape index (κ1) is 23.9. The van der Waals surface area contributed by atoms with Crippen molar-refractivity contribution in [1.82, 2.24) is 10.2 Å². The summed E-state index contributed by atoms with van der Waals surface area (Å²) in [6, 6.07) is 14.8. The number of hydrogen-bond donors (Lipinski definition) is 1. The maximum absolute atomic E-state index is 13.0. The van der Waals surface area contributed by atoms with Crippen molar-refractivity contribution in [3.05, 3.63) is 64.1 Å². The minimum atomic E-state index is -0.610. The van der Waals surface area contributed by atoms with Gasteiger partial charge in [0.2, 0.25) is 5.91 Å². The van der Waals surface area contributed by atoms with Gasteiger partial charge in [0.15, 0.2) is 6.61 Å². The van der Waals surface area contributed by atoms with Gasteiger partial charge >= 0.3 is 0 Å². The second-order valence-corrected chi connectivity index (χ2v) is 8.67. The van der Waals surface area contributed by atoms with Crippen LogP contribution in [0.4, 0.5) is 0 Å². The highest BCUT2D eigenvalue weighted by Crippen LogP contribution is 2.17. The molecule has 1 atom stereocenters. The molecule has 1 N–H and O–H groups in total. The average molecular weight is 475 g/mol. The fourth-order valence-electron chi connectivity index (χ4n) is 2.92. The number of nitrogens with zero attached hydrogens (tertiary/aromatic N) is 1. The zero-order valence-corrected chi connectivity index (χ0v) is 19.7. The molecule has 0 aliphatic carbocycles. The summed E-state index contributed by atoms with van der Waals surface area (Å²) in [5, 5.41) is 2.92. The van der Waals surface area contributed by atoms with E-state index in [2.05, 4.69) is 28.2 Å². The van der Waals surface area contributed by atoms with Crippen molar-refractivity contribution < 1.29 is 14.3 Å². The summed E-state index contributed by atoms with van der Waals surface area (Å²) < 4.78 is 6.63. The minimum Gasteiger partial charge on any atom is -0.484 e.